The Hall–Kier alpha value is -2.84. The zero-order chi connectivity index (χ0) is 19.1. The molecule has 0 radical (unpaired) electrons. The largest absolute Gasteiger partial charge is 0.492 e. The van der Waals surface area contributed by atoms with Gasteiger partial charge in [-0.05, 0) is 31.2 Å². The van der Waals surface area contributed by atoms with E-state index >= 15 is 0 Å². The number of piperazine rings is 1. The minimum Gasteiger partial charge on any atom is -0.492 e. The van der Waals surface area contributed by atoms with Crippen LogP contribution in [0.25, 0.3) is 4.96 Å². The topological polar surface area (TPSA) is 70.0 Å². The van der Waals surface area contributed by atoms with E-state index in [1.165, 1.54) is 21.5 Å². The van der Waals surface area contributed by atoms with E-state index in [4.69, 9.17) is 4.42 Å². The lowest BCUT2D eigenvalue weighted by Gasteiger charge is -2.39. The number of rotatable bonds is 4. The summed E-state index contributed by atoms with van der Waals surface area (Å²) in [6.45, 7) is 5.40. The molecule has 28 heavy (non-hydrogen) atoms. The van der Waals surface area contributed by atoms with Crippen LogP contribution in [-0.2, 0) is 0 Å². The summed E-state index contributed by atoms with van der Waals surface area (Å²) in [5, 5.41) is 15.1. The van der Waals surface area contributed by atoms with Crippen molar-refractivity contribution in [2.75, 3.05) is 31.1 Å². The maximum absolute atomic E-state index is 10.8. The zero-order valence-corrected chi connectivity index (χ0v) is 16.3. The SMILES string of the molecule is Cc1nc2sc([C@@H](c3ccco3)N3CCN(c4ccccc4)CC3)c(O)n2n1. The molecule has 1 aliphatic rings. The maximum Gasteiger partial charge on any atom is 0.230 e. The van der Waals surface area contributed by atoms with Gasteiger partial charge in [0.2, 0.25) is 10.8 Å². The molecule has 1 aliphatic heterocycles. The fourth-order valence-electron chi connectivity index (χ4n) is 3.83. The number of hydrogen-bond donors (Lipinski definition) is 1. The maximum atomic E-state index is 10.8. The first-order valence-corrected chi connectivity index (χ1v) is 10.1. The zero-order valence-electron chi connectivity index (χ0n) is 15.5. The van der Waals surface area contributed by atoms with E-state index in [0.29, 0.717) is 10.8 Å². The van der Waals surface area contributed by atoms with Gasteiger partial charge in [-0.3, -0.25) is 4.90 Å². The Balaban J connectivity index is 1.45. The second kappa shape index (κ2) is 6.96. The van der Waals surface area contributed by atoms with Crippen molar-refractivity contribution in [3.63, 3.8) is 0 Å². The van der Waals surface area contributed by atoms with Crippen LogP contribution < -0.4 is 4.90 Å². The van der Waals surface area contributed by atoms with Crippen molar-refractivity contribution in [1.82, 2.24) is 19.5 Å². The van der Waals surface area contributed by atoms with Crippen LogP contribution in [0.4, 0.5) is 5.69 Å². The summed E-state index contributed by atoms with van der Waals surface area (Å²) in [5.41, 5.74) is 1.24. The third kappa shape index (κ3) is 2.94. The molecule has 3 aromatic heterocycles. The van der Waals surface area contributed by atoms with E-state index in [2.05, 4.69) is 44.1 Å². The van der Waals surface area contributed by atoms with Crippen LogP contribution in [0.15, 0.2) is 53.1 Å². The molecule has 1 aromatic carbocycles. The molecule has 1 atom stereocenters. The fourth-order valence-corrected chi connectivity index (χ4v) is 4.97. The van der Waals surface area contributed by atoms with Crippen molar-refractivity contribution >= 4 is 22.0 Å². The van der Waals surface area contributed by atoms with Gasteiger partial charge in [0.15, 0.2) is 0 Å². The van der Waals surface area contributed by atoms with E-state index < -0.39 is 0 Å². The van der Waals surface area contributed by atoms with Gasteiger partial charge in [0.05, 0.1) is 11.1 Å². The third-order valence-corrected chi connectivity index (χ3v) is 6.24. The predicted octanol–water partition coefficient (Wildman–Crippen LogP) is 3.31. The molecule has 8 heteroatoms. The van der Waals surface area contributed by atoms with Crippen LogP contribution >= 0.6 is 11.3 Å². The average Bonchev–Trinajstić information content (AvgIpc) is 3.43. The number of anilines is 1. The van der Waals surface area contributed by atoms with Gasteiger partial charge in [-0.15, -0.1) is 5.10 Å². The molecule has 144 valence electrons. The molecule has 5 rings (SSSR count). The van der Waals surface area contributed by atoms with Gasteiger partial charge in [-0.1, -0.05) is 29.5 Å². The number of aryl methyl sites for hydroxylation is 1. The summed E-state index contributed by atoms with van der Waals surface area (Å²) in [6, 6.07) is 14.2. The molecule has 0 unspecified atom stereocenters. The predicted molar refractivity (Wildman–Crippen MR) is 108 cm³/mol. The molecular weight excluding hydrogens is 374 g/mol. The fraction of sp³-hybridized carbons (Fsp3) is 0.300. The van der Waals surface area contributed by atoms with Gasteiger partial charge in [-0.25, -0.2) is 4.98 Å². The first-order chi connectivity index (χ1) is 13.7. The number of aromatic hydroxyl groups is 1. The number of furan rings is 1. The van der Waals surface area contributed by atoms with Gasteiger partial charge >= 0.3 is 0 Å². The van der Waals surface area contributed by atoms with Crippen LogP contribution in [0, 0.1) is 6.92 Å². The van der Waals surface area contributed by atoms with E-state index in [-0.39, 0.29) is 11.9 Å². The van der Waals surface area contributed by atoms with E-state index in [9.17, 15) is 5.11 Å². The highest BCUT2D eigenvalue weighted by atomic mass is 32.1. The van der Waals surface area contributed by atoms with E-state index in [1.807, 2.05) is 25.1 Å². The molecule has 7 nitrogen and oxygen atoms in total. The minimum absolute atomic E-state index is 0.146. The number of hydrogen-bond acceptors (Lipinski definition) is 7. The average molecular weight is 395 g/mol. The molecule has 1 saturated heterocycles. The number of para-hydroxylation sites is 1. The van der Waals surface area contributed by atoms with Crippen molar-refractivity contribution in [3.8, 4) is 5.88 Å². The third-order valence-electron chi connectivity index (χ3n) is 5.17. The normalized spacial score (nSPS) is 16.7. The first-order valence-electron chi connectivity index (χ1n) is 9.33. The Morgan fingerprint density at radius 1 is 1.07 bits per heavy atom. The van der Waals surface area contributed by atoms with Crippen molar-refractivity contribution < 1.29 is 9.52 Å². The summed E-state index contributed by atoms with van der Waals surface area (Å²) < 4.78 is 7.28. The highest BCUT2D eigenvalue weighted by molar-refractivity contribution is 7.17. The van der Waals surface area contributed by atoms with Crippen molar-refractivity contribution in [3.05, 3.63) is 65.2 Å². The molecule has 0 amide bonds. The molecule has 0 saturated carbocycles. The number of nitrogens with zero attached hydrogens (tertiary/aromatic N) is 5. The number of aromatic nitrogens is 3. The minimum atomic E-state index is -0.151. The number of fused-ring (bicyclic) bond motifs is 1. The molecular formula is C20H21N5O2S. The summed E-state index contributed by atoms with van der Waals surface area (Å²) in [4.78, 5) is 10.7. The Morgan fingerprint density at radius 2 is 1.86 bits per heavy atom. The molecule has 0 aliphatic carbocycles. The summed E-state index contributed by atoms with van der Waals surface area (Å²) >= 11 is 1.47. The highest BCUT2D eigenvalue weighted by Crippen LogP contribution is 2.40. The lowest BCUT2D eigenvalue weighted by molar-refractivity contribution is 0.191. The molecule has 1 N–H and O–H groups in total. The van der Waals surface area contributed by atoms with Crippen LogP contribution in [-0.4, -0.2) is 50.8 Å². The van der Waals surface area contributed by atoms with Gasteiger partial charge in [0.1, 0.15) is 17.6 Å². The summed E-state index contributed by atoms with van der Waals surface area (Å²) in [6.07, 6.45) is 1.68. The summed E-state index contributed by atoms with van der Waals surface area (Å²) in [7, 11) is 0. The summed E-state index contributed by atoms with van der Waals surface area (Å²) in [5.74, 6) is 1.62. The molecule has 1 fully saturated rings. The number of thiazole rings is 1. The quantitative estimate of drug-likeness (QED) is 0.572. The van der Waals surface area contributed by atoms with Gasteiger partial charge in [0, 0.05) is 31.9 Å². The first kappa shape index (κ1) is 17.3. The molecule has 4 heterocycles. The molecule has 4 aromatic rings. The van der Waals surface area contributed by atoms with Crippen molar-refractivity contribution in [1.29, 1.82) is 0 Å². The number of benzene rings is 1. The standard InChI is InChI=1S/C20H21N5O2S/c1-14-21-20-25(22-14)19(26)18(28-20)17(16-8-5-13-27-16)24-11-9-23(10-12-24)15-6-3-2-4-7-15/h2-8,13,17,26H,9-12H2,1H3/t17-/m1/s1. The Kier molecular flexibility index (Phi) is 4.29. The molecule has 0 spiro atoms. The van der Waals surface area contributed by atoms with Crippen LogP contribution in [0.1, 0.15) is 22.5 Å². The second-order valence-corrected chi connectivity index (χ2v) is 7.93. The van der Waals surface area contributed by atoms with Crippen LogP contribution in [0.3, 0.4) is 0 Å². The van der Waals surface area contributed by atoms with E-state index in [1.54, 1.807) is 6.26 Å². The molecule has 0 bridgehead atoms. The highest BCUT2D eigenvalue weighted by Gasteiger charge is 2.33. The van der Waals surface area contributed by atoms with Gasteiger partial charge in [-0.2, -0.15) is 4.52 Å². The monoisotopic (exact) mass is 395 g/mol. The van der Waals surface area contributed by atoms with E-state index in [0.717, 1.165) is 36.8 Å². The Morgan fingerprint density at radius 3 is 2.54 bits per heavy atom. The smallest absolute Gasteiger partial charge is 0.230 e. The van der Waals surface area contributed by atoms with Gasteiger partial charge in [0.25, 0.3) is 0 Å². The lowest BCUT2D eigenvalue weighted by Crippen LogP contribution is -2.47. The lowest BCUT2D eigenvalue weighted by atomic mass is 10.1. The Bertz CT molecular complexity index is 1070. The van der Waals surface area contributed by atoms with Crippen molar-refractivity contribution in [2.45, 2.75) is 13.0 Å². The Labute approximate surface area is 166 Å². The van der Waals surface area contributed by atoms with Crippen LogP contribution in [0.5, 0.6) is 5.88 Å². The van der Waals surface area contributed by atoms with Crippen LogP contribution in [0.2, 0.25) is 0 Å². The second-order valence-electron chi connectivity index (χ2n) is 6.92. The van der Waals surface area contributed by atoms with Crippen molar-refractivity contribution in [2.24, 2.45) is 0 Å². The van der Waals surface area contributed by atoms with Gasteiger partial charge < -0.3 is 14.4 Å².